The summed E-state index contributed by atoms with van der Waals surface area (Å²) in [6, 6.07) is 8.35. The zero-order valence-electron chi connectivity index (χ0n) is 12.4. The van der Waals surface area contributed by atoms with Crippen molar-refractivity contribution in [2.75, 3.05) is 0 Å². The van der Waals surface area contributed by atoms with E-state index in [1.54, 1.807) is 12.1 Å². The first-order chi connectivity index (χ1) is 9.74. The lowest BCUT2D eigenvalue weighted by Gasteiger charge is -2.18. The second kappa shape index (κ2) is 6.20. The third-order valence-electron chi connectivity index (χ3n) is 2.53. The number of thiophene rings is 1. The van der Waals surface area contributed by atoms with Crippen LogP contribution in [0.4, 0.5) is 4.39 Å². The number of halogens is 1. The Morgan fingerprint density at radius 1 is 1.24 bits per heavy atom. The fourth-order valence-corrected chi connectivity index (χ4v) is 3.68. The van der Waals surface area contributed by atoms with E-state index in [4.69, 9.17) is 4.74 Å². The monoisotopic (exact) mass is 324 g/mol. The van der Waals surface area contributed by atoms with Crippen LogP contribution in [0.2, 0.25) is 0 Å². The van der Waals surface area contributed by atoms with Crippen LogP contribution < -0.4 is 0 Å². The molecule has 0 amide bonds. The Labute approximate surface area is 132 Å². The van der Waals surface area contributed by atoms with Gasteiger partial charge in [-0.25, -0.2) is 9.18 Å². The molecule has 5 heteroatoms. The van der Waals surface area contributed by atoms with Crippen molar-refractivity contribution in [2.45, 2.75) is 42.4 Å². The predicted molar refractivity (Wildman–Crippen MR) is 84.7 cm³/mol. The first-order valence-electron chi connectivity index (χ1n) is 6.52. The largest absolute Gasteiger partial charge is 0.456 e. The lowest BCUT2D eigenvalue weighted by Crippen LogP contribution is -2.23. The normalized spacial score (nSPS) is 11.5. The topological polar surface area (TPSA) is 26.3 Å². The lowest BCUT2D eigenvalue weighted by molar-refractivity contribution is 0.00752. The summed E-state index contributed by atoms with van der Waals surface area (Å²) in [5, 5.41) is 0. The van der Waals surface area contributed by atoms with E-state index in [0.717, 1.165) is 14.7 Å². The summed E-state index contributed by atoms with van der Waals surface area (Å²) in [6.45, 7) is 7.40. The van der Waals surface area contributed by atoms with E-state index in [1.807, 2.05) is 33.8 Å². The van der Waals surface area contributed by atoms with Gasteiger partial charge in [-0.15, -0.1) is 11.3 Å². The van der Waals surface area contributed by atoms with Crippen molar-refractivity contribution in [1.82, 2.24) is 0 Å². The zero-order valence-corrected chi connectivity index (χ0v) is 14.0. The Hall–Kier alpha value is -1.33. The maximum atomic E-state index is 13.1. The molecule has 0 aliphatic carbocycles. The number of ether oxygens (including phenoxy) is 1. The maximum absolute atomic E-state index is 13.1. The molecular formula is C16H17FO2S2. The van der Waals surface area contributed by atoms with Crippen molar-refractivity contribution in [3.63, 3.8) is 0 Å². The van der Waals surface area contributed by atoms with E-state index in [1.165, 1.54) is 35.2 Å². The van der Waals surface area contributed by atoms with Crippen LogP contribution >= 0.6 is 23.1 Å². The van der Waals surface area contributed by atoms with Gasteiger partial charge in [0.25, 0.3) is 0 Å². The molecular weight excluding hydrogens is 307 g/mol. The predicted octanol–water partition coefficient (Wildman–Crippen LogP) is 5.30. The number of rotatable bonds is 3. The molecule has 2 nitrogen and oxygen atoms in total. The summed E-state index contributed by atoms with van der Waals surface area (Å²) in [7, 11) is 0. The number of carbonyl (C=O) groups excluding carboxylic acids is 1. The van der Waals surface area contributed by atoms with Crippen LogP contribution in [0.3, 0.4) is 0 Å². The highest BCUT2D eigenvalue weighted by molar-refractivity contribution is 8.01. The minimum absolute atomic E-state index is 0.238. The number of benzene rings is 1. The molecule has 0 saturated heterocycles. The first-order valence-corrected chi connectivity index (χ1v) is 8.15. The second-order valence-corrected chi connectivity index (χ2v) is 8.06. The van der Waals surface area contributed by atoms with E-state index in [0.29, 0.717) is 4.88 Å². The smallest absolute Gasteiger partial charge is 0.348 e. The van der Waals surface area contributed by atoms with Gasteiger partial charge in [0, 0.05) is 4.90 Å². The Bertz CT molecular complexity index is 657. The van der Waals surface area contributed by atoms with Crippen molar-refractivity contribution in [3.05, 3.63) is 46.6 Å². The molecule has 1 heterocycles. The van der Waals surface area contributed by atoms with Crippen molar-refractivity contribution in [1.29, 1.82) is 0 Å². The summed E-state index contributed by atoms with van der Waals surface area (Å²) in [5.41, 5.74) is 0.384. The minimum atomic E-state index is -0.498. The molecule has 0 N–H and O–H groups in total. The number of carbonyl (C=O) groups is 1. The van der Waals surface area contributed by atoms with Crippen LogP contribution in [0, 0.1) is 12.7 Å². The fraction of sp³-hybridized carbons (Fsp3) is 0.312. The van der Waals surface area contributed by atoms with Crippen LogP contribution in [-0.2, 0) is 4.74 Å². The SMILES string of the molecule is Cc1cc(F)ccc1Sc1ccc(C(=O)OC(C)(C)C)s1. The van der Waals surface area contributed by atoms with Gasteiger partial charge in [0.1, 0.15) is 16.3 Å². The van der Waals surface area contributed by atoms with Gasteiger partial charge >= 0.3 is 5.97 Å². The highest BCUT2D eigenvalue weighted by Crippen LogP contribution is 2.35. The summed E-state index contributed by atoms with van der Waals surface area (Å²) >= 11 is 2.91. The van der Waals surface area contributed by atoms with Gasteiger partial charge in [0.05, 0.1) is 4.21 Å². The summed E-state index contributed by atoms with van der Waals surface area (Å²) < 4.78 is 19.4. The highest BCUT2D eigenvalue weighted by atomic mass is 32.2. The Morgan fingerprint density at radius 2 is 1.95 bits per heavy atom. The van der Waals surface area contributed by atoms with Crippen LogP contribution in [0.5, 0.6) is 0 Å². The molecule has 0 unspecified atom stereocenters. The van der Waals surface area contributed by atoms with Crippen LogP contribution in [0.25, 0.3) is 0 Å². The van der Waals surface area contributed by atoms with Gasteiger partial charge in [-0.2, -0.15) is 0 Å². The van der Waals surface area contributed by atoms with Crippen molar-refractivity contribution in [2.24, 2.45) is 0 Å². The molecule has 0 aliphatic rings. The molecule has 21 heavy (non-hydrogen) atoms. The molecule has 0 atom stereocenters. The molecule has 0 aliphatic heterocycles. The molecule has 0 bridgehead atoms. The number of esters is 1. The quantitative estimate of drug-likeness (QED) is 0.716. The second-order valence-electron chi connectivity index (χ2n) is 5.63. The molecule has 0 radical (unpaired) electrons. The fourth-order valence-electron chi connectivity index (χ4n) is 1.65. The van der Waals surface area contributed by atoms with E-state index in [-0.39, 0.29) is 11.8 Å². The van der Waals surface area contributed by atoms with E-state index < -0.39 is 5.60 Å². The van der Waals surface area contributed by atoms with Gasteiger partial charge in [-0.05, 0) is 63.6 Å². The third-order valence-corrected chi connectivity index (χ3v) is 4.90. The standard InChI is InChI=1S/C16H17FO2S2/c1-10-9-11(17)5-6-12(10)20-14-8-7-13(21-14)15(18)19-16(2,3)4/h5-9H,1-4H3. The third kappa shape index (κ3) is 4.58. The van der Waals surface area contributed by atoms with Crippen molar-refractivity contribution < 1.29 is 13.9 Å². The van der Waals surface area contributed by atoms with Crippen molar-refractivity contribution in [3.8, 4) is 0 Å². The number of hydrogen-bond acceptors (Lipinski definition) is 4. The van der Waals surface area contributed by atoms with Crippen molar-refractivity contribution >= 4 is 29.1 Å². The van der Waals surface area contributed by atoms with Crippen LogP contribution in [0.15, 0.2) is 39.4 Å². The van der Waals surface area contributed by atoms with Gasteiger partial charge in [-0.3, -0.25) is 0 Å². The highest BCUT2D eigenvalue weighted by Gasteiger charge is 2.19. The van der Waals surface area contributed by atoms with Gasteiger partial charge in [-0.1, -0.05) is 11.8 Å². The molecule has 0 spiro atoms. The summed E-state index contributed by atoms with van der Waals surface area (Å²) in [5.74, 6) is -0.548. The molecule has 0 fully saturated rings. The minimum Gasteiger partial charge on any atom is -0.456 e. The van der Waals surface area contributed by atoms with Gasteiger partial charge < -0.3 is 4.74 Å². The van der Waals surface area contributed by atoms with Gasteiger partial charge in [0.15, 0.2) is 0 Å². The maximum Gasteiger partial charge on any atom is 0.348 e. The van der Waals surface area contributed by atoms with Crippen LogP contribution in [0.1, 0.15) is 36.0 Å². The zero-order chi connectivity index (χ0) is 15.6. The Morgan fingerprint density at radius 3 is 2.57 bits per heavy atom. The first kappa shape index (κ1) is 16.0. The summed E-state index contributed by atoms with van der Waals surface area (Å²) in [4.78, 5) is 13.5. The average Bonchev–Trinajstić information content (AvgIpc) is 2.79. The van der Waals surface area contributed by atoms with E-state index in [9.17, 15) is 9.18 Å². The molecule has 1 aromatic heterocycles. The molecule has 2 aromatic rings. The summed E-state index contributed by atoms with van der Waals surface area (Å²) in [6.07, 6.45) is 0. The van der Waals surface area contributed by atoms with Gasteiger partial charge in [0.2, 0.25) is 0 Å². The molecule has 0 saturated carbocycles. The Balaban J connectivity index is 2.11. The Kier molecular flexibility index (Phi) is 4.74. The number of hydrogen-bond donors (Lipinski definition) is 0. The van der Waals surface area contributed by atoms with Crippen LogP contribution in [-0.4, -0.2) is 11.6 Å². The molecule has 1 aromatic carbocycles. The average molecular weight is 324 g/mol. The molecule has 112 valence electrons. The van der Waals surface area contributed by atoms with E-state index >= 15 is 0 Å². The molecule has 2 rings (SSSR count). The van der Waals surface area contributed by atoms with E-state index in [2.05, 4.69) is 0 Å². The number of aryl methyl sites for hydroxylation is 1. The lowest BCUT2D eigenvalue weighted by atomic mass is 10.2.